The van der Waals surface area contributed by atoms with Crippen LogP contribution in [0.2, 0.25) is 0 Å². The van der Waals surface area contributed by atoms with E-state index in [0.717, 1.165) is 0 Å². The minimum atomic E-state index is -0.236. The van der Waals surface area contributed by atoms with Crippen LogP contribution in [-0.4, -0.2) is 0 Å². The molecular weight excluding hydrogens is 283 g/mol. The van der Waals surface area contributed by atoms with Crippen molar-refractivity contribution in [1.82, 2.24) is 0 Å². The number of hydrogen-bond donors (Lipinski definition) is 0. The van der Waals surface area contributed by atoms with E-state index >= 15 is 0 Å². The van der Waals surface area contributed by atoms with Gasteiger partial charge in [0.25, 0.3) is 0 Å². The van der Waals surface area contributed by atoms with E-state index in [-0.39, 0.29) is 7.53 Å². The summed E-state index contributed by atoms with van der Waals surface area (Å²) in [6, 6.07) is 22.2. The van der Waals surface area contributed by atoms with Crippen molar-refractivity contribution in [3.05, 3.63) is 88.4 Å². The Kier molecular flexibility index (Phi) is 3.64. The lowest BCUT2D eigenvalue weighted by atomic mass is 9.83. The Bertz CT molecular complexity index is 768. The van der Waals surface area contributed by atoms with Crippen LogP contribution in [0.3, 0.4) is 0 Å². The summed E-state index contributed by atoms with van der Waals surface area (Å²) in [4.78, 5) is 0. The van der Waals surface area contributed by atoms with E-state index in [1.807, 2.05) is 0 Å². The van der Waals surface area contributed by atoms with Crippen molar-refractivity contribution in [3.8, 4) is 5.30 Å². The summed E-state index contributed by atoms with van der Waals surface area (Å²) in [5.74, 6) is 3.25. The Balaban J connectivity index is 1.75. The first-order chi connectivity index (χ1) is 10.8. The molecule has 0 bridgehead atoms. The van der Waals surface area contributed by atoms with E-state index in [1.54, 1.807) is 10.9 Å². The highest BCUT2D eigenvalue weighted by Crippen LogP contribution is 2.51. The molecule has 2 unspecified atom stereocenters. The molecule has 2 atom stereocenters. The summed E-state index contributed by atoms with van der Waals surface area (Å²) in [5.41, 5.74) is 4.72. The number of benzene rings is 2. The molecule has 110 valence electrons. The first kappa shape index (κ1) is 13.9. The van der Waals surface area contributed by atoms with Crippen molar-refractivity contribution in [2.24, 2.45) is 0 Å². The molecule has 0 nitrogen and oxygen atoms in total. The van der Waals surface area contributed by atoms with Gasteiger partial charge in [0.05, 0.1) is 0 Å². The van der Waals surface area contributed by atoms with Crippen molar-refractivity contribution < 1.29 is 0 Å². The Morgan fingerprint density at radius 2 is 1.59 bits per heavy atom. The van der Waals surface area contributed by atoms with Gasteiger partial charge in [0.15, 0.2) is 0 Å². The van der Waals surface area contributed by atoms with Crippen LogP contribution in [0.1, 0.15) is 34.3 Å². The molecular formula is C21H21P. The van der Waals surface area contributed by atoms with E-state index in [1.165, 1.54) is 35.7 Å². The summed E-state index contributed by atoms with van der Waals surface area (Å²) in [6.07, 6.45) is 3.79. The quantitative estimate of drug-likeness (QED) is 0.525. The molecule has 22 heavy (non-hydrogen) atoms. The molecule has 0 saturated heterocycles. The maximum atomic E-state index is 2.54. The lowest BCUT2D eigenvalue weighted by molar-refractivity contribution is 0.591. The maximum absolute atomic E-state index is 2.54. The van der Waals surface area contributed by atoms with Crippen molar-refractivity contribution >= 4 is 7.53 Å². The molecule has 1 heteroatoms. The van der Waals surface area contributed by atoms with Crippen molar-refractivity contribution in [2.75, 3.05) is 0 Å². The SMILES string of the molecule is Cc1cp(-c2ccccc2)c2c1CCC(c1ccccc1)C2. The standard InChI is InChI=1S/C21H21P/c1-16-15-22(19-10-6-3-7-11-19)21-14-18(12-13-20(16)21)17-8-4-2-5-9-17/h2-11,15,18H,12-14H2,1H3. The molecule has 0 saturated carbocycles. The fraction of sp³-hybridized carbons (Fsp3) is 0.238. The maximum Gasteiger partial charge on any atom is -0.00192 e. The molecule has 0 N–H and O–H groups in total. The molecule has 0 amide bonds. The van der Waals surface area contributed by atoms with E-state index in [0.29, 0.717) is 5.92 Å². The predicted molar refractivity (Wildman–Crippen MR) is 96.4 cm³/mol. The Hall–Kier alpha value is -1.78. The van der Waals surface area contributed by atoms with Crippen LogP contribution >= 0.6 is 7.53 Å². The van der Waals surface area contributed by atoms with Gasteiger partial charge in [-0.1, -0.05) is 68.2 Å². The highest BCUT2D eigenvalue weighted by molar-refractivity contribution is 7.57. The number of aryl methyl sites for hydroxylation is 1. The fourth-order valence-corrected chi connectivity index (χ4v) is 6.42. The largest absolute Gasteiger partial charge is 0.0895 e. The van der Waals surface area contributed by atoms with E-state index in [9.17, 15) is 0 Å². The summed E-state index contributed by atoms with van der Waals surface area (Å²) < 4.78 is 0. The molecule has 0 aliphatic heterocycles. The van der Waals surface area contributed by atoms with Gasteiger partial charge in [0.1, 0.15) is 0 Å². The second-order valence-corrected chi connectivity index (χ2v) is 8.35. The van der Waals surface area contributed by atoms with Crippen LogP contribution in [-0.2, 0) is 12.8 Å². The minimum absolute atomic E-state index is 0.236. The number of hydrogen-bond acceptors (Lipinski definition) is 0. The zero-order valence-corrected chi connectivity index (χ0v) is 13.9. The molecule has 1 aliphatic carbocycles. The van der Waals surface area contributed by atoms with Crippen LogP contribution in [0.15, 0.2) is 66.5 Å². The van der Waals surface area contributed by atoms with E-state index in [4.69, 9.17) is 0 Å². The summed E-state index contributed by atoms with van der Waals surface area (Å²) in [7, 11) is -0.236. The highest BCUT2D eigenvalue weighted by Gasteiger charge is 2.25. The summed E-state index contributed by atoms with van der Waals surface area (Å²) in [5, 5.41) is 3.24. The normalized spacial score (nSPS) is 18.0. The zero-order chi connectivity index (χ0) is 14.9. The summed E-state index contributed by atoms with van der Waals surface area (Å²) >= 11 is 0. The Labute approximate surface area is 133 Å². The Morgan fingerprint density at radius 1 is 0.909 bits per heavy atom. The van der Waals surface area contributed by atoms with Gasteiger partial charge in [-0.3, -0.25) is 0 Å². The lowest BCUT2D eigenvalue weighted by Gasteiger charge is -2.25. The Morgan fingerprint density at radius 3 is 2.32 bits per heavy atom. The van der Waals surface area contributed by atoms with Crippen LogP contribution in [0.25, 0.3) is 5.30 Å². The first-order valence-electron chi connectivity index (χ1n) is 8.13. The average Bonchev–Trinajstić information content (AvgIpc) is 2.93. The molecule has 1 aliphatic rings. The van der Waals surface area contributed by atoms with Crippen LogP contribution < -0.4 is 0 Å². The van der Waals surface area contributed by atoms with Crippen LogP contribution in [0.5, 0.6) is 0 Å². The molecule has 0 fully saturated rings. The molecule has 4 rings (SSSR count). The third kappa shape index (κ3) is 2.42. The second-order valence-electron chi connectivity index (χ2n) is 6.29. The van der Waals surface area contributed by atoms with Gasteiger partial charge in [0.2, 0.25) is 0 Å². The van der Waals surface area contributed by atoms with Gasteiger partial charge < -0.3 is 0 Å². The molecule has 3 aromatic rings. The van der Waals surface area contributed by atoms with Gasteiger partial charge >= 0.3 is 0 Å². The highest BCUT2D eigenvalue weighted by atomic mass is 31.1. The first-order valence-corrected chi connectivity index (χ1v) is 9.54. The predicted octanol–water partition coefficient (Wildman–Crippen LogP) is 6.24. The van der Waals surface area contributed by atoms with E-state index < -0.39 is 0 Å². The lowest BCUT2D eigenvalue weighted by Crippen LogP contribution is -2.11. The summed E-state index contributed by atoms with van der Waals surface area (Å²) in [6.45, 7) is 2.31. The smallest absolute Gasteiger partial charge is 0.00192 e. The number of fused-ring (bicyclic) bond motifs is 1. The van der Waals surface area contributed by atoms with Gasteiger partial charge in [-0.15, -0.1) is 0 Å². The minimum Gasteiger partial charge on any atom is -0.0895 e. The van der Waals surface area contributed by atoms with Gasteiger partial charge in [-0.2, -0.15) is 0 Å². The third-order valence-electron chi connectivity index (χ3n) is 4.93. The van der Waals surface area contributed by atoms with Gasteiger partial charge in [0, 0.05) is 0 Å². The fourth-order valence-electron chi connectivity index (χ4n) is 3.77. The third-order valence-corrected chi connectivity index (χ3v) is 7.46. The molecule has 2 aromatic carbocycles. The molecule has 0 radical (unpaired) electrons. The van der Waals surface area contributed by atoms with Gasteiger partial charge in [-0.05, 0) is 65.2 Å². The van der Waals surface area contributed by atoms with Crippen LogP contribution in [0, 0.1) is 6.92 Å². The monoisotopic (exact) mass is 304 g/mol. The van der Waals surface area contributed by atoms with Crippen molar-refractivity contribution in [2.45, 2.75) is 32.1 Å². The zero-order valence-electron chi connectivity index (χ0n) is 13.0. The van der Waals surface area contributed by atoms with Crippen molar-refractivity contribution in [3.63, 3.8) is 0 Å². The molecule has 0 spiro atoms. The number of rotatable bonds is 2. The van der Waals surface area contributed by atoms with Crippen LogP contribution in [0.4, 0.5) is 0 Å². The average molecular weight is 304 g/mol. The second kappa shape index (κ2) is 5.78. The van der Waals surface area contributed by atoms with E-state index in [2.05, 4.69) is 73.4 Å². The van der Waals surface area contributed by atoms with Gasteiger partial charge in [-0.25, -0.2) is 0 Å². The molecule has 1 heterocycles. The topological polar surface area (TPSA) is 0 Å². The van der Waals surface area contributed by atoms with Crippen molar-refractivity contribution in [1.29, 1.82) is 0 Å². The molecule has 1 aromatic heterocycles.